The number of rotatable bonds is 10. The summed E-state index contributed by atoms with van der Waals surface area (Å²) in [6, 6.07) is 8.49. The predicted octanol–water partition coefficient (Wildman–Crippen LogP) is 3.96. The van der Waals surface area contributed by atoms with Crippen LogP contribution in [0, 0.1) is 0 Å². The summed E-state index contributed by atoms with van der Waals surface area (Å²) in [5, 5.41) is 0.374. The number of allylic oxidation sites excluding steroid dienone is 1. The average Bonchev–Trinajstić information content (AvgIpc) is 2.79. The first-order valence-electron chi connectivity index (χ1n) is 9.65. The Bertz CT molecular complexity index is 1150. The summed E-state index contributed by atoms with van der Waals surface area (Å²) >= 11 is 5.84. The van der Waals surface area contributed by atoms with Crippen LogP contribution in [0.25, 0.3) is 6.08 Å². The third-order valence-corrected chi connectivity index (χ3v) is 5.72. The van der Waals surface area contributed by atoms with Crippen LogP contribution in [0.15, 0.2) is 59.5 Å². The van der Waals surface area contributed by atoms with Crippen LogP contribution in [0.1, 0.15) is 18.1 Å². The van der Waals surface area contributed by atoms with Crippen LogP contribution >= 0.6 is 11.6 Å². The Morgan fingerprint density at radius 3 is 2.18 bits per heavy atom. The second-order valence-electron chi connectivity index (χ2n) is 6.47. The largest absolute Gasteiger partial charge is 0.490 e. The molecule has 0 atom stereocenters. The maximum Gasteiger partial charge on any atom is 0.345 e. The number of ether oxygens (including phenoxy) is 3. The van der Waals surface area contributed by atoms with Crippen LogP contribution in [-0.4, -0.2) is 41.2 Å². The lowest BCUT2D eigenvalue weighted by Crippen LogP contribution is -2.16. The summed E-state index contributed by atoms with van der Waals surface area (Å²) in [4.78, 5) is 23.9. The lowest BCUT2D eigenvalue weighted by atomic mass is 10.0. The molecule has 10 heteroatoms. The van der Waals surface area contributed by atoms with Crippen molar-refractivity contribution in [3.8, 4) is 11.5 Å². The summed E-state index contributed by atoms with van der Waals surface area (Å²) < 4.78 is 46.1. The molecule has 2 aromatic rings. The number of hydrogen-bond acceptors (Lipinski definition) is 8. The summed E-state index contributed by atoms with van der Waals surface area (Å²) in [6.45, 7) is 5.59. The highest BCUT2D eigenvalue weighted by molar-refractivity contribution is 7.87. The maximum absolute atomic E-state index is 12.9. The number of carbonyl (C=O) groups is 2. The van der Waals surface area contributed by atoms with E-state index in [-0.39, 0.29) is 35.0 Å². The molecule has 0 radical (unpaired) electrons. The quantitative estimate of drug-likeness (QED) is 0.122. The van der Waals surface area contributed by atoms with Crippen molar-refractivity contribution in [2.45, 2.75) is 18.2 Å². The van der Waals surface area contributed by atoms with Crippen LogP contribution in [0.4, 0.5) is 0 Å². The first-order chi connectivity index (χ1) is 15.7. The molecular weight excluding hydrogens is 472 g/mol. The van der Waals surface area contributed by atoms with Gasteiger partial charge in [-0.1, -0.05) is 17.7 Å². The number of carbonyl (C=O) groups excluding carboxylic acids is 2. The maximum atomic E-state index is 12.9. The van der Waals surface area contributed by atoms with Crippen LogP contribution in [-0.2, 0) is 35.6 Å². The van der Waals surface area contributed by atoms with Crippen molar-refractivity contribution in [2.75, 3.05) is 20.8 Å². The second kappa shape index (κ2) is 11.5. The van der Waals surface area contributed by atoms with Crippen molar-refractivity contribution in [1.82, 2.24) is 0 Å². The Balaban J connectivity index is 2.65. The first-order valence-corrected chi connectivity index (χ1v) is 11.4. The zero-order chi connectivity index (χ0) is 24.6. The molecule has 0 unspecified atom stereocenters. The van der Waals surface area contributed by atoms with E-state index in [9.17, 15) is 18.0 Å². The van der Waals surface area contributed by atoms with Gasteiger partial charge < -0.3 is 18.4 Å². The molecule has 176 valence electrons. The molecule has 33 heavy (non-hydrogen) atoms. The van der Waals surface area contributed by atoms with Gasteiger partial charge in [0.2, 0.25) is 0 Å². The number of esters is 2. The van der Waals surface area contributed by atoms with Crippen LogP contribution in [0.2, 0.25) is 5.02 Å². The average molecular weight is 495 g/mol. The number of methoxy groups -OCH3 is 2. The Kier molecular flexibility index (Phi) is 9.07. The van der Waals surface area contributed by atoms with Gasteiger partial charge in [-0.3, -0.25) is 0 Å². The van der Waals surface area contributed by atoms with Gasteiger partial charge in [-0.05, 0) is 61.4 Å². The minimum Gasteiger partial charge on any atom is -0.490 e. The molecule has 0 aliphatic carbocycles. The molecule has 0 N–H and O–H groups in total. The van der Waals surface area contributed by atoms with E-state index in [1.807, 2.05) is 0 Å². The van der Waals surface area contributed by atoms with Crippen molar-refractivity contribution in [3.05, 3.63) is 70.8 Å². The standard InChI is InChI=1S/C23H23ClO8S/c1-5-7-16-12-15(13-19(22(25)29-3)23(26)30-4)14-20(31-6-2)21(16)32-33(27,28)18-10-8-17(24)9-11-18/h5,8-14H,1,6-7H2,2-4H3. The molecule has 0 aliphatic heterocycles. The van der Waals surface area contributed by atoms with Crippen LogP contribution in [0.5, 0.6) is 11.5 Å². The normalized spacial score (nSPS) is 10.7. The molecule has 0 aromatic heterocycles. The van der Waals surface area contributed by atoms with Gasteiger partial charge in [0.15, 0.2) is 11.5 Å². The minimum absolute atomic E-state index is 0.0402. The van der Waals surface area contributed by atoms with E-state index in [1.165, 1.54) is 36.4 Å². The van der Waals surface area contributed by atoms with Gasteiger partial charge in [0, 0.05) is 10.6 Å². The Labute approximate surface area is 197 Å². The Hall–Kier alpha value is -3.30. The second-order valence-corrected chi connectivity index (χ2v) is 8.45. The van der Waals surface area contributed by atoms with E-state index in [0.29, 0.717) is 16.1 Å². The first kappa shape index (κ1) is 26.0. The molecule has 0 amide bonds. The van der Waals surface area contributed by atoms with Crippen molar-refractivity contribution in [1.29, 1.82) is 0 Å². The van der Waals surface area contributed by atoms with Crippen molar-refractivity contribution < 1.29 is 36.4 Å². The van der Waals surface area contributed by atoms with Crippen molar-refractivity contribution >= 4 is 39.7 Å². The zero-order valence-electron chi connectivity index (χ0n) is 18.3. The Morgan fingerprint density at radius 1 is 1.06 bits per heavy atom. The molecule has 0 spiro atoms. The van der Waals surface area contributed by atoms with Gasteiger partial charge >= 0.3 is 22.1 Å². The third-order valence-electron chi connectivity index (χ3n) is 4.24. The lowest BCUT2D eigenvalue weighted by Gasteiger charge is -2.17. The molecule has 0 heterocycles. The van der Waals surface area contributed by atoms with E-state index in [2.05, 4.69) is 16.1 Å². The number of hydrogen-bond donors (Lipinski definition) is 0. The third kappa shape index (κ3) is 6.59. The van der Waals surface area contributed by atoms with Gasteiger partial charge in [-0.15, -0.1) is 6.58 Å². The van der Waals surface area contributed by atoms with E-state index < -0.39 is 22.1 Å². The van der Waals surface area contributed by atoms with Crippen molar-refractivity contribution in [2.24, 2.45) is 0 Å². The summed E-state index contributed by atoms with van der Waals surface area (Å²) in [7, 11) is -1.96. The van der Waals surface area contributed by atoms with E-state index in [1.54, 1.807) is 19.1 Å². The lowest BCUT2D eigenvalue weighted by molar-refractivity contribution is -0.143. The van der Waals surface area contributed by atoms with Crippen LogP contribution in [0.3, 0.4) is 0 Å². The van der Waals surface area contributed by atoms with Gasteiger partial charge in [0.05, 0.1) is 20.8 Å². The molecule has 2 rings (SSSR count). The fourth-order valence-electron chi connectivity index (χ4n) is 2.78. The molecule has 8 nitrogen and oxygen atoms in total. The summed E-state index contributed by atoms with van der Waals surface area (Å²) in [5.74, 6) is -1.73. The Morgan fingerprint density at radius 2 is 1.67 bits per heavy atom. The molecule has 0 saturated heterocycles. The molecule has 0 fully saturated rings. The molecule has 2 aromatic carbocycles. The highest BCUT2D eigenvalue weighted by Crippen LogP contribution is 2.37. The summed E-state index contributed by atoms with van der Waals surface area (Å²) in [6.07, 6.45) is 3.01. The molecule has 0 aliphatic rings. The fourth-order valence-corrected chi connectivity index (χ4v) is 3.88. The van der Waals surface area contributed by atoms with Gasteiger partial charge in [-0.25, -0.2) is 9.59 Å². The summed E-state index contributed by atoms with van der Waals surface area (Å²) in [5.41, 5.74) is 0.403. The van der Waals surface area contributed by atoms with E-state index in [4.69, 9.17) is 20.5 Å². The SMILES string of the molecule is C=CCc1cc(C=C(C(=O)OC)C(=O)OC)cc(OCC)c1OS(=O)(=O)c1ccc(Cl)cc1. The number of benzene rings is 2. The highest BCUT2D eigenvalue weighted by Gasteiger charge is 2.24. The zero-order valence-corrected chi connectivity index (χ0v) is 19.9. The van der Waals surface area contributed by atoms with Crippen LogP contribution < -0.4 is 8.92 Å². The highest BCUT2D eigenvalue weighted by atomic mass is 35.5. The molecular formula is C23H23ClO8S. The minimum atomic E-state index is -4.22. The van der Waals surface area contributed by atoms with E-state index >= 15 is 0 Å². The van der Waals surface area contributed by atoms with Crippen molar-refractivity contribution in [3.63, 3.8) is 0 Å². The van der Waals surface area contributed by atoms with Gasteiger partial charge in [-0.2, -0.15) is 8.42 Å². The molecule has 0 saturated carbocycles. The smallest absolute Gasteiger partial charge is 0.345 e. The van der Waals surface area contributed by atoms with Gasteiger partial charge in [0.25, 0.3) is 0 Å². The predicted molar refractivity (Wildman–Crippen MR) is 123 cm³/mol. The monoisotopic (exact) mass is 494 g/mol. The topological polar surface area (TPSA) is 105 Å². The number of halogens is 1. The molecule has 0 bridgehead atoms. The van der Waals surface area contributed by atoms with Gasteiger partial charge in [0.1, 0.15) is 10.5 Å². The fraction of sp³-hybridized carbons (Fsp3) is 0.217. The van der Waals surface area contributed by atoms with E-state index in [0.717, 1.165) is 14.2 Å².